The highest BCUT2D eigenvalue weighted by Gasteiger charge is 2.20. The Morgan fingerprint density at radius 1 is 1.04 bits per heavy atom. The molecule has 0 bridgehead atoms. The van der Waals surface area contributed by atoms with E-state index in [1.165, 1.54) is 0 Å². The van der Waals surface area contributed by atoms with Crippen molar-refractivity contribution in [2.45, 2.75) is 38.1 Å². The number of carbonyl (C=O) groups excluding carboxylic acids is 3. The topological polar surface area (TPSA) is 125 Å². The Balaban J connectivity index is 1.56. The minimum absolute atomic E-state index is 0.0432. The van der Waals surface area contributed by atoms with Crippen LogP contribution in [0.25, 0.3) is 10.8 Å². The molecule has 8 nitrogen and oxygen atoms in total. The maximum Gasteiger partial charge on any atom is 0.342 e. The Labute approximate surface area is 161 Å². The van der Waals surface area contributed by atoms with E-state index in [9.17, 15) is 24.6 Å². The third-order valence-electron chi connectivity index (χ3n) is 4.74. The summed E-state index contributed by atoms with van der Waals surface area (Å²) in [5.74, 6) is -2.32. The van der Waals surface area contributed by atoms with E-state index >= 15 is 0 Å². The molecule has 0 aromatic heterocycles. The van der Waals surface area contributed by atoms with Crippen molar-refractivity contribution in [3.8, 4) is 11.5 Å². The molecule has 3 rings (SSSR count). The standard InChI is InChI=1S/C20H22N2O6/c23-16-10-15(18(25)14-9-5-4-8-13(14)16)19(26)28-11-17(24)22-20(27)21-12-6-2-1-3-7-12/h4-5,8-10,12,23,25H,1-3,6-7,11H2,(H2,21,22,24,27). The van der Waals surface area contributed by atoms with Crippen LogP contribution in [-0.4, -0.2) is 40.8 Å². The van der Waals surface area contributed by atoms with Crippen molar-refractivity contribution in [2.75, 3.05) is 6.61 Å². The number of phenolic OH excluding ortho intramolecular Hbond substituents is 2. The zero-order chi connectivity index (χ0) is 20.1. The molecule has 2 aromatic rings. The first-order valence-electron chi connectivity index (χ1n) is 9.17. The highest BCUT2D eigenvalue weighted by Crippen LogP contribution is 2.35. The van der Waals surface area contributed by atoms with Gasteiger partial charge in [-0.15, -0.1) is 0 Å². The first-order valence-corrected chi connectivity index (χ1v) is 9.17. The van der Waals surface area contributed by atoms with Gasteiger partial charge in [-0.2, -0.15) is 0 Å². The summed E-state index contributed by atoms with van der Waals surface area (Å²) in [4.78, 5) is 35.9. The average molecular weight is 386 g/mol. The number of hydrogen-bond acceptors (Lipinski definition) is 6. The smallest absolute Gasteiger partial charge is 0.342 e. The molecule has 28 heavy (non-hydrogen) atoms. The summed E-state index contributed by atoms with van der Waals surface area (Å²) >= 11 is 0. The van der Waals surface area contributed by atoms with E-state index in [0.29, 0.717) is 5.39 Å². The van der Waals surface area contributed by atoms with Gasteiger partial charge in [-0.1, -0.05) is 43.5 Å². The van der Waals surface area contributed by atoms with Crippen molar-refractivity contribution in [2.24, 2.45) is 0 Å². The number of aromatic hydroxyl groups is 2. The van der Waals surface area contributed by atoms with Crippen LogP contribution in [0.15, 0.2) is 30.3 Å². The second-order valence-electron chi connectivity index (χ2n) is 6.77. The van der Waals surface area contributed by atoms with Gasteiger partial charge in [-0.25, -0.2) is 9.59 Å². The van der Waals surface area contributed by atoms with E-state index in [2.05, 4.69) is 10.6 Å². The zero-order valence-corrected chi connectivity index (χ0v) is 15.2. The van der Waals surface area contributed by atoms with Crippen molar-refractivity contribution in [1.82, 2.24) is 10.6 Å². The minimum Gasteiger partial charge on any atom is -0.507 e. The van der Waals surface area contributed by atoms with Crippen LogP contribution in [-0.2, 0) is 9.53 Å². The monoisotopic (exact) mass is 386 g/mol. The van der Waals surface area contributed by atoms with Crippen molar-refractivity contribution in [1.29, 1.82) is 0 Å². The molecule has 0 spiro atoms. The van der Waals surface area contributed by atoms with E-state index in [4.69, 9.17) is 4.74 Å². The van der Waals surface area contributed by atoms with E-state index < -0.39 is 24.5 Å². The lowest BCUT2D eigenvalue weighted by atomic mass is 9.96. The third kappa shape index (κ3) is 4.51. The SMILES string of the molecule is O=C(COC(=O)c1cc(O)c2ccccc2c1O)NC(=O)NC1CCCCC1. The van der Waals surface area contributed by atoms with Gasteiger partial charge in [0, 0.05) is 16.8 Å². The maximum absolute atomic E-state index is 12.2. The molecule has 4 N–H and O–H groups in total. The molecule has 8 heteroatoms. The second-order valence-corrected chi connectivity index (χ2v) is 6.77. The molecule has 3 amide bonds. The molecule has 1 saturated carbocycles. The Hall–Kier alpha value is -3.29. The predicted octanol–water partition coefficient (Wildman–Crippen LogP) is 2.57. The van der Waals surface area contributed by atoms with Crippen molar-refractivity contribution < 1.29 is 29.3 Å². The van der Waals surface area contributed by atoms with Gasteiger partial charge in [0.05, 0.1) is 0 Å². The highest BCUT2D eigenvalue weighted by atomic mass is 16.5. The number of rotatable bonds is 4. The summed E-state index contributed by atoms with van der Waals surface area (Å²) in [5, 5.41) is 25.8. The molecule has 1 aliphatic carbocycles. The van der Waals surface area contributed by atoms with Crippen LogP contribution < -0.4 is 10.6 Å². The van der Waals surface area contributed by atoms with E-state index in [-0.39, 0.29) is 28.5 Å². The molecule has 0 radical (unpaired) electrons. The van der Waals surface area contributed by atoms with Gasteiger partial charge >= 0.3 is 12.0 Å². The fourth-order valence-corrected chi connectivity index (χ4v) is 3.34. The normalized spacial score (nSPS) is 14.4. The maximum atomic E-state index is 12.2. The number of urea groups is 1. The second kappa shape index (κ2) is 8.60. The Kier molecular flexibility index (Phi) is 5.98. The van der Waals surface area contributed by atoms with Crippen LogP contribution in [0.2, 0.25) is 0 Å². The van der Waals surface area contributed by atoms with Crippen molar-refractivity contribution in [3.05, 3.63) is 35.9 Å². The number of hydrogen-bond donors (Lipinski definition) is 4. The highest BCUT2D eigenvalue weighted by molar-refractivity contribution is 6.04. The van der Waals surface area contributed by atoms with E-state index in [1.807, 2.05) is 0 Å². The number of phenols is 2. The summed E-state index contributed by atoms with van der Waals surface area (Å²) in [6.07, 6.45) is 4.98. The van der Waals surface area contributed by atoms with Crippen LogP contribution >= 0.6 is 0 Å². The lowest BCUT2D eigenvalue weighted by Crippen LogP contribution is -2.46. The average Bonchev–Trinajstić information content (AvgIpc) is 2.69. The summed E-state index contributed by atoms with van der Waals surface area (Å²) in [7, 11) is 0. The van der Waals surface area contributed by atoms with Gasteiger partial charge in [0.25, 0.3) is 5.91 Å². The number of ether oxygens (including phenoxy) is 1. The molecule has 1 fully saturated rings. The molecular weight excluding hydrogens is 364 g/mol. The van der Waals surface area contributed by atoms with E-state index in [0.717, 1.165) is 38.2 Å². The summed E-state index contributed by atoms with van der Waals surface area (Å²) < 4.78 is 4.86. The summed E-state index contributed by atoms with van der Waals surface area (Å²) in [6.45, 7) is -0.691. The molecule has 0 unspecified atom stereocenters. The molecule has 0 atom stereocenters. The molecule has 0 heterocycles. The lowest BCUT2D eigenvalue weighted by Gasteiger charge is -2.22. The number of fused-ring (bicyclic) bond motifs is 1. The number of amides is 3. The van der Waals surface area contributed by atoms with Crippen LogP contribution in [0, 0.1) is 0 Å². The first kappa shape index (κ1) is 19.5. The fraction of sp³-hybridized carbons (Fsp3) is 0.350. The van der Waals surface area contributed by atoms with Gasteiger partial charge in [-0.05, 0) is 18.9 Å². The van der Waals surface area contributed by atoms with Crippen molar-refractivity contribution in [3.63, 3.8) is 0 Å². The quantitative estimate of drug-likeness (QED) is 0.473. The minimum atomic E-state index is -0.985. The molecule has 148 valence electrons. The fourth-order valence-electron chi connectivity index (χ4n) is 3.34. The molecule has 0 aliphatic heterocycles. The van der Waals surface area contributed by atoms with Gasteiger partial charge in [0.2, 0.25) is 0 Å². The van der Waals surface area contributed by atoms with Crippen molar-refractivity contribution >= 4 is 28.7 Å². The zero-order valence-electron chi connectivity index (χ0n) is 15.2. The number of benzene rings is 2. The molecule has 2 aromatic carbocycles. The third-order valence-corrected chi connectivity index (χ3v) is 4.74. The molecule has 1 aliphatic rings. The molecular formula is C20H22N2O6. The number of carbonyl (C=O) groups is 3. The van der Waals surface area contributed by atoms with Crippen LogP contribution in [0.5, 0.6) is 11.5 Å². The van der Waals surface area contributed by atoms with E-state index in [1.54, 1.807) is 24.3 Å². The lowest BCUT2D eigenvalue weighted by molar-refractivity contribution is -0.123. The van der Waals surface area contributed by atoms with Crippen LogP contribution in [0.3, 0.4) is 0 Å². The van der Waals surface area contributed by atoms with Gasteiger partial charge in [-0.3, -0.25) is 10.1 Å². The van der Waals surface area contributed by atoms with Crippen LogP contribution in [0.4, 0.5) is 4.79 Å². The summed E-state index contributed by atoms with van der Waals surface area (Å²) in [5.41, 5.74) is -0.268. The Morgan fingerprint density at radius 3 is 2.43 bits per heavy atom. The number of imide groups is 1. The largest absolute Gasteiger partial charge is 0.507 e. The van der Waals surface area contributed by atoms with Gasteiger partial charge < -0.3 is 20.3 Å². The number of esters is 1. The Morgan fingerprint density at radius 2 is 1.71 bits per heavy atom. The predicted molar refractivity (Wildman–Crippen MR) is 101 cm³/mol. The summed E-state index contributed by atoms with van der Waals surface area (Å²) in [6, 6.07) is 6.97. The first-order chi connectivity index (χ1) is 13.5. The van der Waals surface area contributed by atoms with Gasteiger partial charge in [0.1, 0.15) is 17.1 Å². The number of nitrogens with one attached hydrogen (secondary N) is 2. The van der Waals surface area contributed by atoms with Crippen LogP contribution in [0.1, 0.15) is 42.5 Å². The molecule has 0 saturated heterocycles. The van der Waals surface area contributed by atoms with Gasteiger partial charge in [0.15, 0.2) is 6.61 Å². The Bertz CT molecular complexity index is 905.